The van der Waals surface area contributed by atoms with Crippen molar-refractivity contribution in [2.24, 2.45) is 0 Å². The molecular formula is C20H16ClN5O2S. The summed E-state index contributed by atoms with van der Waals surface area (Å²) in [5.41, 5.74) is 2.15. The normalized spacial score (nSPS) is 10.8. The van der Waals surface area contributed by atoms with E-state index in [0.29, 0.717) is 27.2 Å². The molecule has 1 N–H and O–H groups in total. The van der Waals surface area contributed by atoms with E-state index < -0.39 is 0 Å². The number of ether oxygens (including phenoxy) is 1. The van der Waals surface area contributed by atoms with Crippen LogP contribution in [0.1, 0.15) is 0 Å². The maximum atomic E-state index is 12.2. The summed E-state index contributed by atoms with van der Waals surface area (Å²) in [7, 11) is 1.62. The van der Waals surface area contributed by atoms with E-state index in [4.69, 9.17) is 16.3 Å². The Bertz CT molecular complexity index is 1160. The predicted molar refractivity (Wildman–Crippen MR) is 114 cm³/mol. The van der Waals surface area contributed by atoms with Gasteiger partial charge in [0.25, 0.3) is 0 Å². The maximum absolute atomic E-state index is 12.2. The highest BCUT2D eigenvalue weighted by molar-refractivity contribution is 7.99. The first-order valence-corrected chi connectivity index (χ1v) is 10.0. The molecule has 0 spiro atoms. The average molecular weight is 426 g/mol. The van der Waals surface area contributed by atoms with Crippen molar-refractivity contribution in [3.8, 4) is 17.1 Å². The lowest BCUT2D eigenvalue weighted by molar-refractivity contribution is -0.113. The standard InChI is InChI=1S/C20H16ClN5O2S/c1-28-16-7-5-13(6-8-16)20-24-23-17-9-10-19(25-26(17)20)29-12-18(27)22-15-4-2-3-14(21)11-15/h2-11H,12H2,1H3,(H,22,27). The fraction of sp³-hybridized carbons (Fsp3) is 0.100. The van der Waals surface area contributed by atoms with Gasteiger partial charge in [0.2, 0.25) is 5.91 Å². The van der Waals surface area contributed by atoms with Crippen molar-refractivity contribution >= 4 is 40.6 Å². The Morgan fingerprint density at radius 1 is 1.14 bits per heavy atom. The monoisotopic (exact) mass is 425 g/mol. The summed E-state index contributed by atoms with van der Waals surface area (Å²) in [6, 6.07) is 18.2. The molecule has 0 saturated carbocycles. The molecule has 0 aliphatic rings. The van der Waals surface area contributed by atoms with E-state index in [2.05, 4.69) is 20.6 Å². The van der Waals surface area contributed by atoms with Crippen LogP contribution in [0.15, 0.2) is 65.7 Å². The number of nitrogens with one attached hydrogen (secondary N) is 1. The van der Waals surface area contributed by atoms with E-state index >= 15 is 0 Å². The van der Waals surface area contributed by atoms with Crippen molar-refractivity contribution in [2.45, 2.75) is 5.03 Å². The van der Waals surface area contributed by atoms with Crippen LogP contribution in [-0.4, -0.2) is 38.6 Å². The molecule has 1 amide bonds. The fourth-order valence-corrected chi connectivity index (χ4v) is 3.52. The Hall–Kier alpha value is -3.10. The molecule has 146 valence electrons. The van der Waals surface area contributed by atoms with E-state index in [1.54, 1.807) is 35.9 Å². The molecule has 9 heteroatoms. The van der Waals surface area contributed by atoms with Crippen LogP contribution in [0, 0.1) is 0 Å². The van der Waals surface area contributed by atoms with Crippen LogP contribution < -0.4 is 10.1 Å². The van der Waals surface area contributed by atoms with Gasteiger partial charge in [-0.05, 0) is 54.6 Å². The Kier molecular flexibility index (Phi) is 5.64. The lowest BCUT2D eigenvalue weighted by Crippen LogP contribution is -2.14. The summed E-state index contributed by atoms with van der Waals surface area (Å²) in [5, 5.41) is 17.0. The number of nitrogens with zero attached hydrogens (tertiary/aromatic N) is 4. The number of amides is 1. The second kappa shape index (κ2) is 8.50. The van der Waals surface area contributed by atoms with Crippen LogP contribution in [0.5, 0.6) is 5.75 Å². The molecule has 0 bridgehead atoms. The SMILES string of the molecule is COc1ccc(-c2nnc3ccc(SCC(=O)Nc4cccc(Cl)c4)nn23)cc1. The lowest BCUT2D eigenvalue weighted by atomic mass is 10.2. The molecule has 2 aromatic carbocycles. The number of benzene rings is 2. The first kappa shape index (κ1) is 19.2. The van der Waals surface area contributed by atoms with Crippen LogP contribution in [0.25, 0.3) is 17.0 Å². The highest BCUT2D eigenvalue weighted by Crippen LogP contribution is 2.23. The van der Waals surface area contributed by atoms with Crippen LogP contribution in [0.2, 0.25) is 5.02 Å². The van der Waals surface area contributed by atoms with E-state index in [9.17, 15) is 4.79 Å². The summed E-state index contributed by atoms with van der Waals surface area (Å²) in [6.45, 7) is 0. The van der Waals surface area contributed by atoms with Gasteiger partial charge in [-0.25, -0.2) is 0 Å². The summed E-state index contributed by atoms with van der Waals surface area (Å²) >= 11 is 7.27. The largest absolute Gasteiger partial charge is 0.497 e. The molecule has 2 heterocycles. The number of carbonyl (C=O) groups excluding carboxylic acids is 1. The summed E-state index contributed by atoms with van der Waals surface area (Å²) in [6.07, 6.45) is 0. The van der Waals surface area contributed by atoms with Gasteiger partial charge in [-0.2, -0.15) is 9.61 Å². The molecule has 0 saturated heterocycles. The Morgan fingerprint density at radius 2 is 1.97 bits per heavy atom. The van der Waals surface area contributed by atoms with Crippen molar-refractivity contribution in [2.75, 3.05) is 18.2 Å². The Morgan fingerprint density at radius 3 is 2.72 bits per heavy atom. The molecule has 7 nitrogen and oxygen atoms in total. The van der Waals surface area contributed by atoms with Crippen LogP contribution in [0.4, 0.5) is 5.69 Å². The number of fused-ring (bicyclic) bond motifs is 1. The fourth-order valence-electron chi connectivity index (χ4n) is 2.67. The van der Waals surface area contributed by atoms with Gasteiger partial charge < -0.3 is 10.1 Å². The highest BCUT2D eigenvalue weighted by Gasteiger charge is 2.11. The van der Waals surface area contributed by atoms with E-state index in [-0.39, 0.29) is 11.7 Å². The first-order valence-electron chi connectivity index (χ1n) is 8.67. The van der Waals surface area contributed by atoms with Crippen LogP contribution in [-0.2, 0) is 4.79 Å². The maximum Gasteiger partial charge on any atom is 0.234 e. The topological polar surface area (TPSA) is 81.4 Å². The smallest absolute Gasteiger partial charge is 0.234 e. The average Bonchev–Trinajstić information content (AvgIpc) is 3.15. The first-order chi connectivity index (χ1) is 14.1. The van der Waals surface area contributed by atoms with Crippen LogP contribution in [0.3, 0.4) is 0 Å². The Labute approximate surface area is 176 Å². The van der Waals surface area contributed by atoms with Crippen LogP contribution >= 0.6 is 23.4 Å². The number of hydrogen-bond donors (Lipinski definition) is 1. The zero-order valence-corrected chi connectivity index (χ0v) is 16.9. The molecule has 0 aliphatic heterocycles. The van der Waals surface area contributed by atoms with Gasteiger partial charge in [-0.1, -0.05) is 29.4 Å². The minimum atomic E-state index is -0.140. The van der Waals surface area contributed by atoms with Gasteiger partial charge in [0.05, 0.1) is 12.9 Å². The minimum absolute atomic E-state index is 0.140. The highest BCUT2D eigenvalue weighted by atomic mass is 35.5. The molecule has 29 heavy (non-hydrogen) atoms. The minimum Gasteiger partial charge on any atom is -0.497 e. The molecule has 0 unspecified atom stereocenters. The zero-order chi connectivity index (χ0) is 20.2. The van der Waals surface area contributed by atoms with E-state index in [0.717, 1.165) is 11.3 Å². The van der Waals surface area contributed by atoms with E-state index in [1.165, 1.54) is 11.8 Å². The zero-order valence-electron chi connectivity index (χ0n) is 15.4. The molecule has 4 rings (SSSR count). The van der Waals surface area contributed by atoms with E-state index in [1.807, 2.05) is 36.4 Å². The lowest BCUT2D eigenvalue weighted by Gasteiger charge is -2.06. The van der Waals surface area contributed by atoms with Gasteiger partial charge in [0.15, 0.2) is 11.5 Å². The number of aromatic nitrogens is 4. The molecule has 4 aromatic rings. The number of rotatable bonds is 6. The third-order valence-electron chi connectivity index (χ3n) is 4.05. The summed E-state index contributed by atoms with van der Waals surface area (Å²) in [5.74, 6) is 1.45. The molecule has 0 atom stereocenters. The number of hydrogen-bond acceptors (Lipinski definition) is 6. The van der Waals surface area contributed by atoms with Crippen molar-refractivity contribution in [3.05, 3.63) is 65.7 Å². The third kappa shape index (κ3) is 4.49. The number of halogens is 1. The number of carbonyl (C=O) groups is 1. The van der Waals surface area contributed by atoms with Crippen molar-refractivity contribution < 1.29 is 9.53 Å². The number of anilines is 1. The molecule has 0 aliphatic carbocycles. The predicted octanol–water partition coefficient (Wildman–Crippen LogP) is 4.18. The van der Waals surface area contributed by atoms with Gasteiger partial charge in [0, 0.05) is 16.3 Å². The van der Waals surface area contributed by atoms with Crippen molar-refractivity contribution in [3.63, 3.8) is 0 Å². The quantitative estimate of drug-likeness (QED) is 0.466. The summed E-state index contributed by atoms with van der Waals surface area (Å²) in [4.78, 5) is 12.2. The second-order valence-corrected chi connectivity index (χ2v) is 7.47. The molecule has 2 aromatic heterocycles. The second-order valence-electron chi connectivity index (χ2n) is 6.04. The van der Waals surface area contributed by atoms with Gasteiger partial charge >= 0.3 is 0 Å². The number of methoxy groups -OCH3 is 1. The summed E-state index contributed by atoms with van der Waals surface area (Å²) < 4.78 is 6.86. The molecule has 0 radical (unpaired) electrons. The van der Waals surface area contributed by atoms with Gasteiger partial charge in [0.1, 0.15) is 10.8 Å². The van der Waals surface area contributed by atoms with Crippen molar-refractivity contribution in [1.82, 2.24) is 19.8 Å². The third-order valence-corrected chi connectivity index (χ3v) is 5.20. The Balaban J connectivity index is 1.49. The van der Waals surface area contributed by atoms with Gasteiger partial charge in [-0.15, -0.1) is 10.2 Å². The number of thioether (sulfide) groups is 1. The molecule has 0 fully saturated rings. The van der Waals surface area contributed by atoms with Gasteiger partial charge in [-0.3, -0.25) is 4.79 Å². The molecular weight excluding hydrogens is 410 g/mol. The van der Waals surface area contributed by atoms with Crippen molar-refractivity contribution in [1.29, 1.82) is 0 Å².